The van der Waals surface area contributed by atoms with E-state index in [0.717, 1.165) is 32.1 Å². The molecule has 0 spiro atoms. The lowest BCUT2D eigenvalue weighted by molar-refractivity contribution is -0.127. The van der Waals surface area contributed by atoms with E-state index in [-0.39, 0.29) is 18.4 Å². The molecule has 1 rings (SSSR count). The van der Waals surface area contributed by atoms with Gasteiger partial charge in [0, 0.05) is 11.5 Å². The third-order valence-electron chi connectivity index (χ3n) is 4.44. The van der Waals surface area contributed by atoms with Gasteiger partial charge in [-0.2, -0.15) is 0 Å². The predicted octanol–water partition coefficient (Wildman–Crippen LogP) is 2.78. The molecule has 8 nitrogen and oxygen atoms in total. The van der Waals surface area contributed by atoms with E-state index in [1.165, 1.54) is 19.3 Å². The number of aliphatic hydroxyl groups excluding tert-OH is 2. The van der Waals surface area contributed by atoms with Crippen molar-refractivity contribution < 1.29 is 19.7 Å². The average molecular weight is 356 g/mol. The minimum atomic E-state index is -0.930. The zero-order valence-corrected chi connectivity index (χ0v) is 15.0. The van der Waals surface area contributed by atoms with Gasteiger partial charge in [-0.1, -0.05) is 50.1 Å². The van der Waals surface area contributed by atoms with E-state index in [0.29, 0.717) is 26.0 Å². The summed E-state index contributed by atoms with van der Waals surface area (Å²) in [7, 11) is 0. The van der Waals surface area contributed by atoms with Gasteiger partial charge in [-0.15, -0.1) is 0 Å². The Morgan fingerprint density at radius 2 is 1.84 bits per heavy atom. The number of carbonyl (C=O) groups is 1. The second-order valence-electron chi connectivity index (χ2n) is 6.65. The van der Waals surface area contributed by atoms with E-state index >= 15 is 0 Å². The van der Waals surface area contributed by atoms with Gasteiger partial charge in [0.1, 0.15) is 0 Å². The van der Waals surface area contributed by atoms with Crippen LogP contribution in [0.3, 0.4) is 0 Å². The fraction of sp³-hybridized carbons (Fsp3) is 0.941. The molecule has 1 fully saturated rings. The minimum Gasteiger partial charge on any atom is -0.393 e. The number of ether oxygens (including phenoxy) is 1. The summed E-state index contributed by atoms with van der Waals surface area (Å²) < 4.78 is 4.97. The number of rotatable bonds is 14. The Morgan fingerprint density at radius 3 is 2.44 bits per heavy atom. The monoisotopic (exact) mass is 356 g/mol. The summed E-state index contributed by atoms with van der Waals surface area (Å²) in [4.78, 5) is 14.5. The molecule has 0 aromatic heterocycles. The van der Waals surface area contributed by atoms with Crippen molar-refractivity contribution in [2.75, 3.05) is 13.2 Å². The third-order valence-corrected chi connectivity index (χ3v) is 4.44. The topological polar surface area (TPSA) is 128 Å². The first-order valence-electron chi connectivity index (χ1n) is 9.41. The number of aliphatic hydroxyl groups is 2. The van der Waals surface area contributed by atoms with Crippen LogP contribution in [0.2, 0.25) is 0 Å². The Labute approximate surface area is 149 Å². The standard InChI is InChI=1S/C17H32N4O4/c18-21-19-11-8-6-4-2-1-3-5-7-9-14(22)13-16(23)20-15-10-12-25-17(15)24/h14-15,17,22,24H,1-13H2,(H,20,23). The quantitative estimate of drug-likeness (QED) is 0.191. The highest BCUT2D eigenvalue weighted by molar-refractivity contribution is 5.76. The number of azide groups is 1. The van der Waals surface area contributed by atoms with Crippen LogP contribution in [0.25, 0.3) is 10.4 Å². The second-order valence-corrected chi connectivity index (χ2v) is 6.65. The first-order valence-corrected chi connectivity index (χ1v) is 9.41. The molecule has 0 saturated carbocycles. The van der Waals surface area contributed by atoms with E-state index in [4.69, 9.17) is 10.3 Å². The van der Waals surface area contributed by atoms with Crippen molar-refractivity contribution >= 4 is 5.91 Å². The zero-order valence-electron chi connectivity index (χ0n) is 15.0. The molecule has 0 aliphatic carbocycles. The lowest BCUT2D eigenvalue weighted by Gasteiger charge is -2.16. The summed E-state index contributed by atoms with van der Waals surface area (Å²) in [5.41, 5.74) is 8.15. The van der Waals surface area contributed by atoms with Crippen LogP contribution in [0.5, 0.6) is 0 Å². The van der Waals surface area contributed by atoms with E-state index in [2.05, 4.69) is 15.3 Å². The van der Waals surface area contributed by atoms with Crippen molar-refractivity contribution in [2.24, 2.45) is 5.11 Å². The molecule has 3 unspecified atom stereocenters. The van der Waals surface area contributed by atoms with E-state index in [9.17, 15) is 15.0 Å². The van der Waals surface area contributed by atoms with Crippen molar-refractivity contribution in [2.45, 2.75) is 89.1 Å². The van der Waals surface area contributed by atoms with Gasteiger partial charge in [-0.3, -0.25) is 4.79 Å². The van der Waals surface area contributed by atoms with Gasteiger partial charge >= 0.3 is 0 Å². The first kappa shape index (κ1) is 21.7. The Bertz CT molecular complexity index is 415. The molecule has 25 heavy (non-hydrogen) atoms. The molecule has 144 valence electrons. The molecular weight excluding hydrogens is 324 g/mol. The maximum absolute atomic E-state index is 11.8. The highest BCUT2D eigenvalue weighted by atomic mass is 16.6. The molecule has 1 saturated heterocycles. The van der Waals surface area contributed by atoms with E-state index in [1.807, 2.05) is 0 Å². The number of hydrogen-bond donors (Lipinski definition) is 3. The van der Waals surface area contributed by atoms with Crippen molar-refractivity contribution in [1.29, 1.82) is 0 Å². The van der Waals surface area contributed by atoms with Crippen LogP contribution in [0.15, 0.2) is 5.11 Å². The lowest BCUT2D eigenvalue weighted by atomic mass is 10.0. The zero-order chi connectivity index (χ0) is 18.3. The fourth-order valence-corrected chi connectivity index (χ4v) is 2.97. The normalized spacial score (nSPS) is 20.9. The van der Waals surface area contributed by atoms with E-state index < -0.39 is 12.4 Å². The number of carbonyl (C=O) groups excluding carboxylic acids is 1. The van der Waals surface area contributed by atoms with Crippen LogP contribution in [-0.2, 0) is 9.53 Å². The van der Waals surface area contributed by atoms with Crippen molar-refractivity contribution in [3.05, 3.63) is 10.4 Å². The van der Waals surface area contributed by atoms with Crippen molar-refractivity contribution in [1.82, 2.24) is 5.32 Å². The summed E-state index contributed by atoms with van der Waals surface area (Å²) in [6.45, 7) is 1.04. The third kappa shape index (κ3) is 11.0. The van der Waals surface area contributed by atoms with Crippen LogP contribution in [0.1, 0.15) is 70.6 Å². The molecule has 8 heteroatoms. The average Bonchev–Trinajstić information content (AvgIpc) is 2.97. The SMILES string of the molecule is [N-]=[N+]=NCCCCCCCCCCC(O)CC(=O)NC1CCOC1O. The summed E-state index contributed by atoms with van der Waals surface area (Å²) >= 11 is 0. The van der Waals surface area contributed by atoms with Crippen molar-refractivity contribution in [3.63, 3.8) is 0 Å². The van der Waals surface area contributed by atoms with Gasteiger partial charge in [0.2, 0.25) is 5.91 Å². The van der Waals surface area contributed by atoms with Crippen LogP contribution in [-0.4, -0.2) is 47.7 Å². The second kappa shape index (κ2) is 13.9. The molecule has 1 aliphatic rings. The Morgan fingerprint density at radius 1 is 1.20 bits per heavy atom. The van der Waals surface area contributed by atoms with Crippen LogP contribution >= 0.6 is 0 Å². The van der Waals surface area contributed by atoms with Gasteiger partial charge in [-0.25, -0.2) is 0 Å². The summed E-state index contributed by atoms with van der Waals surface area (Å²) in [5, 5.41) is 25.6. The van der Waals surface area contributed by atoms with Gasteiger partial charge < -0.3 is 20.3 Å². The molecule has 1 amide bonds. The summed E-state index contributed by atoms with van der Waals surface area (Å²) in [6.07, 6.45) is 8.47. The number of hydrogen-bond acceptors (Lipinski definition) is 5. The minimum absolute atomic E-state index is 0.0778. The number of nitrogens with zero attached hydrogens (tertiary/aromatic N) is 3. The van der Waals surface area contributed by atoms with Gasteiger partial charge in [0.25, 0.3) is 0 Å². The van der Waals surface area contributed by atoms with Crippen molar-refractivity contribution in [3.8, 4) is 0 Å². The smallest absolute Gasteiger partial charge is 0.222 e. The van der Waals surface area contributed by atoms with Crippen LogP contribution in [0.4, 0.5) is 0 Å². The molecule has 0 radical (unpaired) electrons. The molecule has 3 N–H and O–H groups in total. The predicted molar refractivity (Wildman–Crippen MR) is 94.7 cm³/mol. The fourth-order valence-electron chi connectivity index (χ4n) is 2.97. The molecule has 1 heterocycles. The van der Waals surface area contributed by atoms with Gasteiger partial charge in [0.15, 0.2) is 6.29 Å². The maximum Gasteiger partial charge on any atom is 0.222 e. The molecule has 0 aromatic rings. The Hall–Kier alpha value is -1.34. The van der Waals surface area contributed by atoms with Crippen LogP contribution in [0, 0.1) is 0 Å². The molecule has 3 atom stereocenters. The molecule has 0 bridgehead atoms. The maximum atomic E-state index is 11.8. The highest BCUT2D eigenvalue weighted by Crippen LogP contribution is 2.13. The van der Waals surface area contributed by atoms with Gasteiger partial charge in [0.05, 0.1) is 25.2 Å². The van der Waals surface area contributed by atoms with Crippen LogP contribution < -0.4 is 5.32 Å². The van der Waals surface area contributed by atoms with E-state index in [1.54, 1.807) is 0 Å². The molecule has 0 aromatic carbocycles. The Balaban J connectivity index is 1.90. The molecule has 1 aliphatic heterocycles. The molecular formula is C17H32N4O4. The summed E-state index contributed by atoms with van der Waals surface area (Å²) in [6, 6.07) is -0.355. The lowest BCUT2D eigenvalue weighted by Crippen LogP contribution is -2.41. The van der Waals surface area contributed by atoms with Gasteiger partial charge in [-0.05, 0) is 24.8 Å². The number of amides is 1. The number of nitrogens with one attached hydrogen (secondary N) is 1. The Kier molecular flexibility index (Phi) is 12.1. The number of unbranched alkanes of at least 4 members (excludes halogenated alkanes) is 7. The largest absolute Gasteiger partial charge is 0.393 e. The summed E-state index contributed by atoms with van der Waals surface area (Å²) in [5.74, 6) is -0.234. The highest BCUT2D eigenvalue weighted by Gasteiger charge is 2.27. The first-order chi connectivity index (χ1) is 12.1.